The van der Waals surface area contributed by atoms with Gasteiger partial charge in [0.05, 0.1) is 11.5 Å². The number of ether oxygens (including phenoxy) is 2. The van der Waals surface area contributed by atoms with Crippen LogP contribution in [0.1, 0.15) is 30.5 Å². The minimum absolute atomic E-state index is 0.166. The third-order valence-electron chi connectivity index (χ3n) is 3.56. The lowest BCUT2D eigenvalue weighted by molar-refractivity contribution is -0.148. The van der Waals surface area contributed by atoms with Crippen LogP contribution >= 0.6 is 0 Å². The Bertz CT molecular complexity index is 879. The van der Waals surface area contributed by atoms with E-state index in [9.17, 15) is 14.4 Å². The molecular formula is C16H16N2O5. The van der Waals surface area contributed by atoms with Crippen molar-refractivity contribution in [3.63, 3.8) is 0 Å². The number of hydrogen-bond donors (Lipinski definition) is 2. The van der Waals surface area contributed by atoms with Gasteiger partial charge in [0, 0.05) is 12.0 Å². The van der Waals surface area contributed by atoms with Crippen molar-refractivity contribution in [3.05, 3.63) is 55.7 Å². The van der Waals surface area contributed by atoms with Gasteiger partial charge < -0.3 is 9.47 Å². The molecule has 1 aromatic carbocycles. The molecule has 120 valence electrons. The normalized spacial score (nSPS) is 12.3. The standard InChI is InChI=1S/C16H16N2O5/c1-8(2)15(20)22-7-9-3-4-12-10(5-9)6-11-13(19)17-16(21)18-14(11)23-12/h3-5,8H,6-7H2,1-2H3,(H2,17,18,19,21). The Hall–Kier alpha value is -2.83. The van der Waals surface area contributed by atoms with Gasteiger partial charge in [-0.1, -0.05) is 19.9 Å². The van der Waals surface area contributed by atoms with Crippen molar-refractivity contribution in [2.24, 2.45) is 5.92 Å². The highest BCUT2D eigenvalue weighted by molar-refractivity contribution is 5.71. The summed E-state index contributed by atoms with van der Waals surface area (Å²) in [6.07, 6.45) is 0.336. The van der Waals surface area contributed by atoms with E-state index in [0.29, 0.717) is 17.7 Å². The summed E-state index contributed by atoms with van der Waals surface area (Å²) >= 11 is 0. The SMILES string of the molecule is CC(C)C(=O)OCc1ccc2c(c1)Cc1c([nH]c(=O)[nH]c1=O)O2. The van der Waals surface area contributed by atoms with E-state index < -0.39 is 11.2 Å². The van der Waals surface area contributed by atoms with Crippen molar-refractivity contribution < 1.29 is 14.3 Å². The number of aromatic nitrogens is 2. The molecule has 0 saturated carbocycles. The highest BCUT2D eigenvalue weighted by atomic mass is 16.5. The lowest BCUT2D eigenvalue weighted by Crippen LogP contribution is -2.28. The Kier molecular flexibility index (Phi) is 3.77. The molecule has 1 aliphatic rings. The lowest BCUT2D eigenvalue weighted by atomic mass is 10.0. The monoisotopic (exact) mass is 316 g/mol. The molecule has 0 unspecified atom stereocenters. The van der Waals surface area contributed by atoms with E-state index in [1.54, 1.807) is 26.0 Å². The van der Waals surface area contributed by atoms with Gasteiger partial charge in [-0.15, -0.1) is 0 Å². The first-order valence-corrected chi connectivity index (χ1v) is 7.26. The zero-order valence-electron chi connectivity index (χ0n) is 12.8. The highest BCUT2D eigenvalue weighted by Crippen LogP contribution is 2.33. The van der Waals surface area contributed by atoms with Crippen LogP contribution in [0.2, 0.25) is 0 Å². The molecule has 0 bridgehead atoms. The van der Waals surface area contributed by atoms with Crippen LogP contribution in [0.3, 0.4) is 0 Å². The second-order valence-corrected chi connectivity index (χ2v) is 5.70. The van der Waals surface area contributed by atoms with Crippen LogP contribution in [0.5, 0.6) is 11.6 Å². The third-order valence-corrected chi connectivity index (χ3v) is 3.56. The zero-order valence-corrected chi connectivity index (χ0v) is 12.8. The average molecular weight is 316 g/mol. The van der Waals surface area contributed by atoms with Gasteiger partial charge in [0.2, 0.25) is 5.88 Å². The number of esters is 1. The van der Waals surface area contributed by atoms with Crippen LogP contribution in [0.4, 0.5) is 0 Å². The number of rotatable bonds is 3. The number of hydrogen-bond acceptors (Lipinski definition) is 5. The molecule has 2 aromatic rings. The molecule has 7 heteroatoms. The fraction of sp³-hybridized carbons (Fsp3) is 0.312. The molecule has 0 spiro atoms. The predicted octanol–water partition coefficient (Wildman–Crippen LogP) is 1.46. The number of carbonyl (C=O) groups is 1. The molecule has 0 aliphatic carbocycles. The average Bonchev–Trinajstić information content (AvgIpc) is 2.50. The Balaban J connectivity index is 1.84. The van der Waals surface area contributed by atoms with Crippen LogP contribution in [-0.4, -0.2) is 15.9 Å². The van der Waals surface area contributed by atoms with Crippen LogP contribution in [0.25, 0.3) is 0 Å². The number of aromatic amines is 2. The van der Waals surface area contributed by atoms with E-state index in [1.807, 2.05) is 6.07 Å². The Morgan fingerprint density at radius 3 is 2.83 bits per heavy atom. The van der Waals surface area contributed by atoms with Gasteiger partial charge in [0.15, 0.2) is 0 Å². The Labute approximate surface area is 131 Å². The van der Waals surface area contributed by atoms with Gasteiger partial charge in [0.25, 0.3) is 5.56 Å². The van der Waals surface area contributed by atoms with Gasteiger partial charge in [-0.2, -0.15) is 0 Å². The Morgan fingerprint density at radius 1 is 1.30 bits per heavy atom. The van der Waals surface area contributed by atoms with Crippen molar-refractivity contribution in [1.82, 2.24) is 9.97 Å². The van der Waals surface area contributed by atoms with Crippen LogP contribution in [-0.2, 0) is 22.6 Å². The molecular weight excluding hydrogens is 300 g/mol. The highest BCUT2D eigenvalue weighted by Gasteiger charge is 2.21. The summed E-state index contributed by atoms with van der Waals surface area (Å²) in [5.74, 6) is 0.291. The van der Waals surface area contributed by atoms with Crippen molar-refractivity contribution in [1.29, 1.82) is 0 Å². The minimum atomic E-state index is -0.602. The molecule has 0 radical (unpaired) electrons. The largest absolute Gasteiger partial charge is 0.461 e. The van der Waals surface area contributed by atoms with Gasteiger partial charge in [-0.05, 0) is 17.7 Å². The third kappa shape index (κ3) is 3.03. The van der Waals surface area contributed by atoms with E-state index in [-0.39, 0.29) is 24.4 Å². The molecule has 0 fully saturated rings. The number of carbonyl (C=O) groups excluding carboxylic acids is 1. The number of nitrogens with one attached hydrogen (secondary N) is 2. The first kappa shape index (κ1) is 15.1. The van der Waals surface area contributed by atoms with Crippen molar-refractivity contribution in [3.8, 4) is 11.6 Å². The molecule has 2 N–H and O–H groups in total. The maximum absolute atomic E-state index is 11.8. The second-order valence-electron chi connectivity index (χ2n) is 5.70. The van der Waals surface area contributed by atoms with Gasteiger partial charge in [-0.25, -0.2) is 4.79 Å². The van der Waals surface area contributed by atoms with Gasteiger partial charge in [0.1, 0.15) is 12.4 Å². The molecule has 0 amide bonds. The smallest absolute Gasteiger partial charge is 0.328 e. The van der Waals surface area contributed by atoms with E-state index in [2.05, 4.69) is 9.97 Å². The summed E-state index contributed by atoms with van der Waals surface area (Å²) in [5.41, 5.74) is 0.910. The van der Waals surface area contributed by atoms with E-state index in [1.165, 1.54) is 0 Å². The number of benzene rings is 1. The zero-order chi connectivity index (χ0) is 16.6. The van der Waals surface area contributed by atoms with E-state index in [0.717, 1.165) is 11.1 Å². The topological polar surface area (TPSA) is 101 Å². The minimum Gasteiger partial charge on any atom is -0.461 e. The summed E-state index contributed by atoms with van der Waals surface area (Å²) in [5, 5.41) is 0. The first-order chi connectivity index (χ1) is 10.9. The summed E-state index contributed by atoms with van der Waals surface area (Å²) in [6.45, 7) is 3.71. The van der Waals surface area contributed by atoms with E-state index in [4.69, 9.17) is 9.47 Å². The van der Waals surface area contributed by atoms with Crippen LogP contribution < -0.4 is 16.0 Å². The summed E-state index contributed by atoms with van der Waals surface area (Å²) in [6, 6.07) is 5.34. The quantitative estimate of drug-likeness (QED) is 0.712. The van der Waals surface area contributed by atoms with Crippen molar-refractivity contribution >= 4 is 5.97 Å². The van der Waals surface area contributed by atoms with Crippen molar-refractivity contribution in [2.75, 3.05) is 0 Å². The summed E-state index contributed by atoms with van der Waals surface area (Å²) < 4.78 is 10.8. The fourth-order valence-corrected chi connectivity index (χ4v) is 2.32. The molecule has 2 heterocycles. The lowest BCUT2D eigenvalue weighted by Gasteiger charge is -2.19. The fourth-order valence-electron chi connectivity index (χ4n) is 2.32. The number of fused-ring (bicyclic) bond motifs is 2. The maximum Gasteiger partial charge on any atom is 0.328 e. The summed E-state index contributed by atoms with van der Waals surface area (Å²) in [4.78, 5) is 39.3. The molecule has 0 saturated heterocycles. The van der Waals surface area contributed by atoms with Crippen LogP contribution in [0, 0.1) is 5.92 Å². The number of H-pyrrole nitrogens is 2. The Morgan fingerprint density at radius 2 is 2.09 bits per heavy atom. The predicted molar refractivity (Wildman–Crippen MR) is 81.6 cm³/mol. The molecule has 0 atom stereocenters. The summed E-state index contributed by atoms with van der Waals surface area (Å²) in [7, 11) is 0. The van der Waals surface area contributed by atoms with Crippen LogP contribution in [0.15, 0.2) is 27.8 Å². The van der Waals surface area contributed by atoms with Gasteiger partial charge >= 0.3 is 11.7 Å². The molecule has 1 aliphatic heterocycles. The molecule has 23 heavy (non-hydrogen) atoms. The van der Waals surface area contributed by atoms with Gasteiger partial charge in [-0.3, -0.25) is 19.6 Å². The maximum atomic E-state index is 11.8. The molecule has 7 nitrogen and oxygen atoms in total. The molecule has 3 rings (SSSR count). The molecule has 1 aromatic heterocycles. The van der Waals surface area contributed by atoms with Crippen molar-refractivity contribution in [2.45, 2.75) is 26.9 Å². The second kappa shape index (κ2) is 5.75. The van der Waals surface area contributed by atoms with E-state index >= 15 is 0 Å². The first-order valence-electron chi connectivity index (χ1n) is 7.26.